The van der Waals surface area contributed by atoms with Gasteiger partial charge in [-0.3, -0.25) is 9.59 Å². The molecular weight excluding hydrogens is 327 g/mol. The lowest BCUT2D eigenvalue weighted by atomic mass is 10.1. The van der Waals surface area contributed by atoms with Gasteiger partial charge in [0.05, 0.1) is 17.2 Å². The lowest BCUT2D eigenvalue weighted by Gasteiger charge is -2.09. The van der Waals surface area contributed by atoms with Crippen LogP contribution < -0.4 is 10.6 Å². The normalized spacial score (nSPS) is 10.3. The van der Waals surface area contributed by atoms with Gasteiger partial charge < -0.3 is 10.6 Å². The van der Waals surface area contributed by atoms with Gasteiger partial charge in [-0.25, -0.2) is 4.39 Å². The molecule has 0 aliphatic heterocycles. The Morgan fingerprint density at radius 3 is 2.21 bits per heavy atom. The molecule has 6 heteroatoms. The van der Waals surface area contributed by atoms with Crippen molar-refractivity contribution in [1.29, 1.82) is 0 Å². The second kappa shape index (κ2) is 8.49. The summed E-state index contributed by atoms with van der Waals surface area (Å²) >= 11 is 1.18. The Morgan fingerprint density at radius 2 is 1.58 bits per heavy atom. The fourth-order valence-electron chi connectivity index (χ4n) is 2.13. The van der Waals surface area contributed by atoms with Crippen molar-refractivity contribution in [1.82, 2.24) is 0 Å². The van der Waals surface area contributed by atoms with Crippen molar-refractivity contribution in [3.8, 4) is 0 Å². The van der Waals surface area contributed by atoms with Crippen molar-refractivity contribution in [2.24, 2.45) is 0 Å². The van der Waals surface area contributed by atoms with E-state index in [0.29, 0.717) is 0 Å². The average molecular weight is 346 g/mol. The molecule has 0 aromatic heterocycles. The molecule has 2 amide bonds. The molecular formula is C18H19FN2O2S. The Morgan fingerprint density at radius 1 is 0.958 bits per heavy atom. The van der Waals surface area contributed by atoms with E-state index in [-0.39, 0.29) is 29.0 Å². The summed E-state index contributed by atoms with van der Waals surface area (Å²) in [7, 11) is 0. The highest BCUT2D eigenvalue weighted by atomic mass is 32.2. The Kier molecular flexibility index (Phi) is 6.37. The lowest BCUT2D eigenvalue weighted by molar-refractivity contribution is -0.114. The molecule has 126 valence electrons. The Hall–Kier alpha value is -2.34. The first-order valence-electron chi connectivity index (χ1n) is 7.45. The van der Waals surface area contributed by atoms with Gasteiger partial charge >= 0.3 is 0 Å². The van der Waals surface area contributed by atoms with Gasteiger partial charge in [0.25, 0.3) is 0 Å². The van der Waals surface area contributed by atoms with Crippen molar-refractivity contribution in [2.75, 3.05) is 22.1 Å². The van der Waals surface area contributed by atoms with Gasteiger partial charge in [0.1, 0.15) is 5.82 Å². The van der Waals surface area contributed by atoms with Crippen molar-refractivity contribution in [2.45, 2.75) is 13.8 Å². The summed E-state index contributed by atoms with van der Waals surface area (Å²) < 4.78 is 13.4. The minimum atomic E-state index is -0.483. The second-order valence-electron chi connectivity index (χ2n) is 5.39. The van der Waals surface area contributed by atoms with Crippen LogP contribution in [0.3, 0.4) is 0 Å². The van der Waals surface area contributed by atoms with Crippen LogP contribution in [0.4, 0.5) is 15.8 Å². The molecule has 2 N–H and O–H groups in total. The number of benzene rings is 2. The smallest absolute Gasteiger partial charge is 0.234 e. The third-order valence-electron chi connectivity index (χ3n) is 3.27. The van der Waals surface area contributed by atoms with Crippen molar-refractivity contribution in [3.05, 3.63) is 59.4 Å². The van der Waals surface area contributed by atoms with Crippen LogP contribution in [-0.2, 0) is 9.59 Å². The van der Waals surface area contributed by atoms with E-state index < -0.39 is 5.82 Å². The number of thioether (sulfide) groups is 1. The quantitative estimate of drug-likeness (QED) is 0.837. The van der Waals surface area contributed by atoms with E-state index in [1.165, 1.54) is 23.9 Å². The van der Waals surface area contributed by atoms with Gasteiger partial charge in [0.2, 0.25) is 11.8 Å². The molecule has 0 heterocycles. The number of amides is 2. The van der Waals surface area contributed by atoms with Gasteiger partial charge in [-0.2, -0.15) is 0 Å². The molecule has 0 spiro atoms. The molecule has 2 rings (SSSR count). The summed E-state index contributed by atoms with van der Waals surface area (Å²) in [6.07, 6.45) is 0. The number of carbonyl (C=O) groups excluding carboxylic acids is 2. The molecule has 24 heavy (non-hydrogen) atoms. The van der Waals surface area contributed by atoms with Gasteiger partial charge in [-0.15, -0.1) is 11.8 Å². The van der Waals surface area contributed by atoms with E-state index >= 15 is 0 Å². The molecule has 0 saturated heterocycles. The molecule has 0 fully saturated rings. The first kappa shape index (κ1) is 18.0. The number of nitrogens with one attached hydrogen (secondary N) is 2. The predicted octanol–water partition coefficient (Wildman–Crippen LogP) is 3.75. The summed E-state index contributed by atoms with van der Waals surface area (Å²) in [5.74, 6) is -0.773. The number of rotatable bonds is 6. The monoisotopic (exact) mass is 346 g/mol. The molecule has 0 bridgehead atoms. The van der Waals surface area contributed by atoms with E-state index in [1.807, 2.05) is 32.0 Å². The summed E-state index contributed by atoms with van der Waals surface area (Å²) in [6, 6.07) is 11.7. The van der Waals surface area contributed by atoms with E-state index in [9.17, 15) is 14.0 Å². The van der Waals surface area contributed by atoms with Crippen molar-refractivity contribution in [3.63, 3.8) is 0 Å². The van der Waals surface area contributed by atoms with Crippen molar-refractivity contribution >= 4 is 35.0 Å². The topological polar surface area (TPSA) is 58.2 Å². The summed E-state index contributed by atoms with van der Waals surface area (Å²) in [5.41, 5.74) is 3.03. The number of hydrogen-bond donors (Lipinski definition) is 2. The van der Waals surface area contributed by atoms with Crippen LogP contribution in [-0.4, -0.2) is 23.3 Å². The zero-order chi connectivity index (χ0) is 17.5. The highest BCUT2D eigenvalue weighted by Crippen LogP contribution is 2.17. The van der Waals surface area contributed by atoms with E-state index in [2.05, 4.69) is 10.6 Å². The molecule has 2 aromatic carbocycles. The molecule has 0 atom stereocenters. The van der Waals surface area contributed by atoms with E-state index in [1.54, 1.807) is 12.1 Å². The van der Waals surface area contributed by atoms with Crippen LogP contribution >= 0.6 is 11.8 Å². The molecule has 0 aliphatic rings. The molecule has 4 nitrogen and oxygen atoms in total. The van der Waals surface area contributed by atoms with Crippen LogP contribution in [0.25, 0.3) is 0 Å². The highest BCUT2D eigenvalue weighted by Gasteiger charge is 2.09. The number of anilines is 2. The highest BCUT2D eigenvalue weighted by molar-refractivity contribution is 8.00. The van der Waals surface area contributed by atoms with E-state index in [4.69, 9.17) is 0 Å². The van der Waals surface area contributed by atoms with Crippen molar-refractivity contribution < 1.29 is 14.0 Å². The number of halogens is 1. The Labute approximate surface area is 144 Å². The van der Waals surface area contributed by atoms with Crippen LogP contribution in [0, 0.1) is 19.7 Å². The molecule has 0 radical (unpaired) electrons. The van der Waals surface area contributed by atoms with Gasteiger partial charge in [-0.05, 0) is 37.6 Å². The van der Waals surface area contributed by atoms with E-state index in [0.717, 1.165) is 16.8 Å². The number of hydrogen-bond acceptors (Lipinski definition) is 3. The van der Waals surface area contributed by atoms with Gasteiger partial charge in [0.15, 0.2) is 0 Å². The Bertz CT molecular complexity index is 750. The maximum Gasteiger partial charge on any atom is 0.234 e. The number of aryl methyl sites for hydroxylation is 2. The third kappa shape index (κ3) is 5.38. The van der Waals surface area contributed by atoms with Crippen LogP contribution in [0.1, 0.15) is 11.1 Å². The molecule has 0 unspecified atom stereocenters. The fourth-order valence-corrected chi connectivity index (χ4v) is 2.74. The first-order valence-corrected chi connectivity index (χ1v) is 8.60. The predicted molar refractivity (Wildman–Crippen MR) is 96.9 cm³/mol. The second-order valence-corrected chi connectivity index (χ2v) is 6.37. The minimum absolute atomic E-state index is 0.0780. The lowest BCUT2D eigenvalue weighted by Crippen LogP contribution is -2.19. The zero-order valence-corrected chi connectivity index (χ0v) is 14.4. The zero-order valence-electron chi connectivity index (χ0n) is 13.6. The minimum Gasteiger partial charge on any atom is -0.325 e. The van der Waals surface area contributed by atoms with Crippen LogP contribution in [0.15, 0.2) is 42.5 Å². The summed E-state index contributed by atoms with van der Waals surface area (Å²) in [4.78, 5) is 23.7. The average Bonchev–Trinajstić information content (AvgIpc) is 2.52. The SMILES string of the molecule is Cc1ccc(NC(=O)CSCC(=O)Nc2ccccc2F)c(C)c1. The molecule has 0 aliphatic carbocycles. The Balaban J connectivity index is 1.76. The first-order chi connectivity index (χ1) is 11.5. The largest absolute Gasteiger partial charge is 0.325 e. The number of para-hydroxylation sites is 1. The summed E-state index contributed by atoms with van der Waals surface area (Å²) in [6.45, 7) is 3.92. The van der Waals surface area contributed by atoms with Crippen LogP contribution in [0.5, 0.6) is 0 Å². The fraction of sp³-hybridized carbons (Fsp3) is 0.222. The maximum atomic E-state index is 13.4. The standard InChI is InChI=1S/C18H19FN2O2S/c1-12-7-8-15(13(2)9-12)20-17(22)10-24-11-18(23)21-16-6-4-3-5-14(16)19/h3-9H,10-11H2,1-2H3,(H,20,22)(H,21,23). The van der Waals surface area contributed by atoms with Crippen LogP contribution in [0.2, 0.25) is 0 Å². The third-order valence-corrected chi connectivity index (χ3v) is 4.20. The van der Waals surface area contributed by atoms with Gasteiger partial charge in [-0.1, -0.05) is 29.8 Å². The summed E-state index contributed by atoms with van der Waals surface area (Å²) in [5, 5.41) is 5.30. The maximum absolute atomic E-state index is 13.4. The molecule has 0 saturated carbocycles. The molecule has 2 aromatic rings. The van der Waals surface area contributed by atoms with Gasteiger partial charge in [0, 0.05) is 5.69 Å². The number of carbonyl (C=O) groups is 2.